The van der Waals surface area contributed by atoms with Crippen molar-refractivity contribution in [1.29, 1.82) is 0 Å². The summed E-state index contributed by atoms with van der Waals surface area (Å²) in [5.74, 6) is -0.379. The van der Waals surface area contributed by atoms with Gasteiger partial charge in [-0.1, -0.05) is 18.2 Å². The van der Waals surface area contributed by atoms with E-state index in [-0.39, 0.29) is 24.6 Å². The third-order valence-corrected chi connectivity index (χ3v) is 3.62. The van der Waals surface area contributed by atoms with E-state index in [4.69, 9.17) is 4.74 Å². The van der Waals surface area contributed by atoms with E-state index in [1.165, 1.54) is 25.3 Å². The fourth-order valence-electron chi connectivity index (χ4n) is 2.34. The first kappa shape index (κ1) is 20.9. The van der Waals surface area contributed by atoms with Crippen LogP contribution in [0.15, 0.2) is 42.5 Å². The number of hydrogen-bond donors (Lipinski definition) is 3. The van der Waals surface area contributed by atoms with Crippen LogP contribution in [0.3, 0.4) is 0 Å². The molecule has 9 heteroatoms. The standard InChI is InChI=1S/C19H21F2N3O4/c1-12-4-3-5-14(8-12)24-19(26)23-11-17(25)22-10-13-6-7-15(28-18(20)21)16(9-13)27-2/h3-9,18H,10-11H2,1-2H3,(H,22,25)(H2,23,24,26). The quantitative estimate of drug-likeness (QED) is 0.643. The van der Waals surface area contributed by atoms with E-state index in [2.05, 4.69) is 20.7 Å². The van der Waals surface area contributed by atoms with Gasteiger partial charge in [0.25, 0.3) is 0 Å². The number of alkyl halides is 2. The van der Waals surface area contributed by atoms with E-state index in [1.54, 1.807) is 12.1 Å². The summed E-state index contributed by atoms with van der Waals surface area (Å²) in [6.45, 7) is -1.15. The number of halogens is 2. The Labute approximate surface area is 161 Å². The maximum atomic E-state index is 12.3. The normalized spacial score (nSPS) is 10.3. The molecule has 0 radical (unpaired) electrons. The van der Waals surface area contributed by atoms with Crippen molar-refractivity contribution in [2.45, 2.75) is 20.1 Å². The largest absolute Gasteiger partial charge is 0.493 e. The first-order chi connectivity index (χ1) is 13.4. The zero-order valence-electron chi connectivity index (χ0n) is 15.4. The molecule has 150 valence electrons. The molecule has 0 atom stereocenters. The number of urea groups is 1. The van der Waals surface area contributed by atoms with Crippen LogP contribution in [-0.2, 0) is 11.3 Å². The monoisotopic (exact) mass is 393 g/mol. The number of rotatable bonds is 8. The Kier molecular flexibility index (Phi) is 7.55. The Balaban J connectivity index is 1.79. The van der Waals surface area contributed by atoms with E-state index in [1.807, 2.05) is 19.1 Å². The van der Waals surface area contributed by atoms with E-state index in [0.717, 1.165) is 5.56 Å². The molecule has 7 nitrogen and oxygen atoms in total. The molecule has 0 aliphatic carbocycles. The summed E-state index contributed by atoms with van der Waals surface area (Å²) in [6.07, 6.45) is 0. The average molecular weight is 393 g/mol. The van der Waals surface area contributed by atoms with Crippen molar-refractivity contribution in [3.63, 3.8) is 0 Å². The molecule has 0 aromatic heterocycles. The highest BCUT2D eigenvalue weighted by atomic mass is 19.3. The number of methoxy groups -OCH3 is 1. The van der Waals surface area contributed by atoms with Crippen molar-refractivity contribution in [3.8, 4) is 11.5 Å². The molecular formula is C19H21F2N3O4. The van der Waals surface area contributed by atoms with Gasteiger partial charge in [0.15, 0.2) is 11.5 Å². The van der Waals surface area contributed by atoms with Gasteiger partial charge >= 0.3 is 12.6 Å². The fourth-order valence-corrected chi connectivity index (χ4v) is 2.34. The number of nitrogens with one attached hydrogen (secondary N) is 3. The van der Waals surface area contributed by atoms with E-state index in [0.29, 0.717) is 11.3 Å². The highest BCUT2D eigenvalue weighted by molar-refractivity contribution is 5.92. The second-order valence-corrected chi connectivity index (χ2v) is 5.82. The summed E-state index contributed by atoms with van der Waals surface area (Å²) in [6, 6.07) is 11.1. The number of hydrogen-bond acceptors (Lipinski definition) is 4. The van der Waals surface area contributed by atoms with Crippen LogP contribution in [-0.4, -0.2) is 32.2 Å². The van der Waals surface area contributed by atoms with Gasteiger partial charge in [0.2, 0.25) is 5.91 Å². The molecule has 0 aliphatic rings. The van der Waals surface area contributed by atoms with Gasteiger partial charge in [0, 0.05) is 12.2 Å². The summed E-state index contributed by atoms with van der Waals surface area (Å²) in [5, 5.41) is 7.69. The van der Waals surface area contributed by atoms with Crippen LogP contribution < -0.4 is 25.4 Å². The van der Waals surface area contributed by atoms with Crippen LogP contribution in [0.4, 0.5) is 19.3 Å². The molecule has 0 aliphatic heterocycles. The molecule has 0 unspecified atom stereocenters. The minimum absolute atomic E-state index is 0.0953. The Bertz CT molecular complexity index is 831. The SMILES string of the molecule is COc1cc(CNC(=O)CNC(=O)Nc2cccc(C)c2)ccc1OC(F)F. The minimum Gasteiger partial charge on any atom is -0.493 e. The Morgan fingerprint density at radius 1 is 1.07 bits per heavy atom. The van der Waals surface area contributed by atoms with Crippen molar-refractivity contribution in [1.82, 2.24) is 10.6 Å². The van der Waals surface area contributed by atoms with Gasteiger partial charge in [-0.05, 0) is 42.3 Å². The third-order valence-electron chi connectivity index (χ3n) is 3.62. The molecular weight excluding hydrogens is 372 g/mol. The van der Waals surface area contributed by atoms with Crippen LogP contribution in [0.5, 0.6) is 11.5 Å². The molecule has 3 amide bonds. The molecule has 0 bridgehead atoms. The van der Waals surface area contributed by atoms with Crippen molar-refractivity contribution in [2.24, 2.45) is 0 Å². The van der Waals surface area contributed by atoms with E-state index in [9.17, 15) is 18.4 Å². The van der Waals surface area contributed by atoms with Crippen LogP contribution in [0.1, 0.15) is 11.1 Å². The van der Waals surface area contributed by atoms with Gasteiger partial charge in [0.1, 0.15) is 0 Å². The van der Waals surface area contributed by atoms with Gasteiger partial charge in [-0.3, -0.25) is 4.79 Å². The lowest BCUT2D eigenvalue weighted by molar-refractivity contribution is -0.120. The van der Waals surface area contributed by atoms with Crippen molar-refractivity contribution in [2.75, 3.05) is 19.0 Å². The second kappa shape index (κ2) is 10.1. The van der Waals surface area contributed by atoms with Gasteiger partial charge in [-0.25, -0.2) is 4.79 Å². The summed E-state index contributed by atoms with van der Waals surface area (Å²) in [5.41, 5.74) is 2.24. The zero-order valence-corrected chi connectivity index (χ0v) is 15.4. The molecule has 0 fully saturated rings. The molecule has 0 spiro atoms. The highest BCUT2D eigenvalue weighted by Crippen LogP contribution is 2.29. The number of benzene rings is 2. The van der Waals surface area contributed by atoms with Gasteiger partial charge in [-0.2, -0.15) is 8.78 Å². The molecule has 0 saturated carbocycles. The average Bonchev–Trinajstić information content (AvgIpc) is 2.65. The summed E-state index contributed by atoms with van der Waals surface area (Å²) in [7, 11) is 1.33. The molecule has 28 heavy (non-hydrogen) atoms. The Morgan fingerprint density at radius 2 is 1.86 bits per heavy atom. The summed E-state index contributed by atoms with van der Waals surface area (Å²) >= 11 is 0. The van der Waals surface area contributed by atoms with Crippen molar-refractivity contribution < 1.29 is 27.8 Å². The number of amides is 3. The topological polar surface area (TPSA) is 88.7 Å². The lowest BCUT2D eigenvalue weighted by Crippen LogP contribution is -2.38. The van der Waals surface area contributed by atoms with Crippen LogP contribution in [0.25, 0.3) is 0 Å². The fraction of sp³-hybridized carbons (Fsp3) is 0.263. The molecule has 2 aromatic rings. The number of aryl methyl sites for hydroxylation is 1. The molecule has 2 rings (SSSR count). The first-order valence-electron chi connectivity index (χ1n) is 8.37. The van der Waals surface area contributed by atoms with Gasteiger partial charge in [-0.15, -0.1) is 0 Å². The maximum Gasteiger partial charge on any atom is 0.387 e. The number of ether oxygens (including phenoxy) is 2. The Hall–Kier alpha value is -3.36. The molecule has 0 heterocycles. The first-order valence-corrected chi connectivity index (χ1v) is 8.37. The molecule has 2 aromatic carbocycles. The van der Waals surface area contributed by atoms with Crippen molar-refractivity contribution >= 4 is 17.6 Å². The molecule has 3 N–H and O–H groups in total. The minimum atomic E-state index is -2.96. The van der Waals surface area contributed by atoms with Gasteiger partial charge < -0.3 is 25.4 Å². The van der Waals surface area contributed by atoms with Crippen LogP contribution in [0, 0.1) is 6.92 Å². The predicted molar refractivity (Wildman–Crippen MR) is 99.7 cm³/mol. The lowest BCUT2D eigenvalue weighted by Gasteiger charge is -2.12. The molecule has 0 saturated heterocycles. The number of anilines is 1. The van der Waals surface area contributed by atoms with Crippen LogP contribution >= 0.6 is 0 Å². The maximum absolute atomic E-state index is 12.3. The summed E-state index contributed by atoms with van der Waals surface area (Å²) < 4.78 is 34.0. The highest BCUT2D eigenvalue weighted by Gasteiger charge is 2.12. The Morgan fingerprint density at radius 3 is 2.54 bits per heavy atom. The predicted octanol–water partition coefficient (Wildman–Crippen LogP) is 3.04. The summed E-state index contributed by atoms with van der Waals surface area (Å²) in [4.78, 5) is 23.7. The van der Waals surface area contributed by atoms with Crippen molar-refractivity contribution in [3.05, 3.63) is 53.6 Å². The smallest absolute Gasteiger partial charge is 0.387 e. The second-order valence-electron chi connectivity index (χ2n) is 5.82. The van der Waals surface area contributed by atoms with Gasteiger partial charge in [0.05, 0.1) is 13.7 Å². The number of carbonyl (C=O) groups excluding carboxylic acids is 2. The third kappa shape index (κ3) is 6.75. The van der Waals surface area contributed by atoms with E-state index < -0.39 is 18.5 Å². The van der Waals surface area contributed by atoms with E-state index >= 15 is 0 Å². The lowest BCUT2D eigenvalue weighted by atomic mass is 10.2. The number of carbonyl (C=O) groups is 2. The van der Waals surface area contributed by atoms with Crippen LogP contribution in [0.2, 0.25) is 0 Å². The zero-order chi connectivity index (χ0) is 20.5.